The molecule has 6 nitrogen and oxygen atoms in total. The van der Waals surface area contributed by atoms with Crippen LogP contribution in [0.2, 0.25) is 0 Å². The van der Waals surface area contributed by atoms with E-state index in [-0.39, 0.29) is 12.5 Å². The van der Waals surface area contributed by atoms with Gasteiger partial charge in [0.15, 0.2) is 5.96 Å². The van der Waals surface area contributed by atoms with Crippen LogP contribution in [0.5, 0.6) is 0 Å². The van der Waals surface area contributed by atoms with E-state index in [4.69, 9.17) is 4.74 Å². The largest absolute Gasteiger partial charge is 0.381 e. The van der Waals surface area contributed by atoms with Gasteiger partial charge in [0.25, 0.3) is 0 Å². The van der Waals surface area contributed by atoms with Gasteiger partial charge >= 0.3 is 0 Å². The highest BCUT2D eigenvalue weighted by Crippen LogP contribution is 1.97. The van der Waals surface area contributed by atoms with E-state index < -0.39 is 0 Å². The summed E-state index contributed by atoms with van der Waals surface area (Å²) in [4.78, 5) is 16.0. The molecule has 0 radical (unpaired) electrons. The van der Waals surface area contributed by atoms with Crippen molar-refractivity contribution in [3.8, 4) is 0 Å². The molecule has 0 aliphatic rings. The molecule has 0 aromatic heterocycles. The third-order valence-electron chi connectivity index (χ3n) is 3.62. The molecular weight excluding hydrogens is 316 g/mol. The van der Waals surface area contributed by atoms with Gasteiger partial charge in [0.2, 0.25) is 5.91 Å². The second-order valence-electron chi connectivity index (χ2n) is 5.76. The molecule has 25 heavy (non-hydrogen) atoms. The minimum atomic E-state index is -0.0400. The highest BCUT2D eigenvalue weighted by molar-refractivity contribution is 5.86. The summed E-state index contributed by atoms with van der Waals surface area (Å²) in [6.07, 6.45) is 4.00. The molecule has 0 aliphatic heterocycles. The van der Waals surface area contributed by atoms with Crippen molar-refractivity contribution in [1.82, 2.24) is 16.0 Å². The first kappa shape index (κ1) is 21.0. The number of rotatable bonds is 12. The van der Waals surface area contributed by atoms with Gasteiger partial charge in [0, 0.05) is 33.4 Å². The van der Waals surface area contributed by atoms with Crippen molar-refractivity contribution in [3.63, 3.8) is 0 Å². The molecule has 0 heterocycles. The molecule has 0 saturated carbocycles. The van der Waals surface area contributed by atoms with Crippen LogP contribution in [-0.2, 0) is 16.0 Å². The molecule has 6 heteroatoms. The number of nitrogens with one attached hydrogen (secondary N) is 3. The van der Waals surface area contributed by atoms with Crippen molar-refractivity contribution in [2.75, 3.05) is 39.9 Å². The monoisotopic (exact) mass is 348 g/mol. The molecule has 0 bridgehead atoms. The summed E-state index contributed by atoms with van der Waals surface area (Å²) in [5.41, 5.74) is 1.22. The van der Waals surface area contributed by atoms with Crippen LogP contribution in [0.3, 0.4) is 0 Å². The van der Waals surface area contributed by atoms with Gasteiger partial charge in [-0.05, 0) is 24.8 Å². The van der Waals surface area contributed by atoms with E-state index in [1.165, 1.54) is 5.56 Å². The molecule has 3 N–H and O–H groups in total. The Kier molecular flexibility index (Phi) is 12.0. The van der Waals surface area contributed by atoms with Gasteiger partial charge in [-0.3, -0.25) is 9.79 Å². The third kappa shape index (κ3) is 11.2. The molecule has 1 amide bonds. The zero-order valence-electron chi connectivity index (χ0n) is 15.5. The second kappa shape index (κ2) is 14.3. The van der Waals surface area contributed by atoms with Crippen LogP contribution in [0.1, 0.15) is 31.7 Å². The van der Waals surface area contributed by atoms with E-state index in [0.29, 0.717) is 12.5 Å². The first-order valence-corrected chi connectivity index (χ1v) is 9.09. The van der Waals surface area contributed by atoms with Gasteiger partial charge in [0.1, 0.15) is 0 Å². The number of hydrogen-bond acceptors (Lipinski definition) is 3. The van der Waals surface area contributed by atoms with Crippen molar-refractivity contribution in [3.05, 3.63) is 35.9 Å². The van der Waals surface area contributed by atoms with Gasteiger partial charge in [0.05, 0.1) is 6.54 Å². The summed E-state index contributed by atoms with van der Waals surface area (Å²) in [6.45, 7) is 5.32. The number of hydrogen-bond donors (Lipinski definition) is 3. The van der Waals surface area contributed by atoms with Gasteiger partial charge < -0.3 is 20.7 Å². The Morgan fingerprint density at radius 3 is 2.52 bits per heavy atom. The number of aliphatic imine (C=N–C) groups is 1. The highest BCUT2D eigenvalue weighted by atomic mass is 16.5. The molecule has 140 valence electrons. The molecular formula is C19H32N4O2. The summed E-state index contributed by atoms with van der Waals surface area (Å²) in [6, 6.07) is 10.1. The van der Waals surface area contributed by atoms with E-state index in [1.807, 2.05) is 18.2 Å². The van der Waals surface area contributed by atoms with Crippen LogP contribution in [0, 0.1) is 0 Å². The smallest absolute Gasteiger partial charge is 0.239 e. The lowest BCUT2D eigenvalue weighted by Gasteiger charge is -2.12. The Bertz CT molecular complexity index is 491. The van der Waals surface area contributed by atoms with Crippen LogP contribution in [0.15, 0.2) is 35.3 Å². The maximum Gasteiger partial charge on any atom is 0.239 e. The quantitative estimate of drug-likeness (QED) is 0.305. The minimum absolute atomic E-state index is 0.0400. The maximum atomic E-state index is 11.9. The number of nitrogens with zero attached hydrogens (tertiary/aromatic N) is 1. The average Bonchev–Trinajstić information content (AvgIpc) is 2.64. The SMILES string of the molecule is CCCCOCCCNC(=NC)NCC(=O)NCCc1ccccc1. The lowest BCUT2D eigenvalue weighted by Crippen LogP contribution is -2.43. The minimum Gasteiger partial charge on any atom is -0.381 e. The number of benzene rings is 1. The number of unbranched alkanes of at least 4 members (excludes halogenated alkanes) is 1. The van der Waals surface area contributed by atoms with Crippen LogP contribution in [-0.4, -0.2) is 51.8 Å². The zero-order chi connectivity index (χ0) is 18.2. The summed E-state index contributed by atoms with van der Waals surface area (Å²) < 4.78 is 5.50. The molecule has 0 unspecified atom stereocenters. The van der Waals surface area contributed by atoms with Crippen molar-refractivity contribution in [1.29, 1.82) is 0 Å². The van der Waals surface area contributed by atoms with E-state index in [0.717, 1.165) is 45.4 Å². The van der Waals surface area contributed by atoms with Crippen molar-refractivity contribution in [2.24, 2.45) is 4.99 Å². The highest BCUT2D eigenvalue weighted by Gasteiger charge is 2.03. The Balaban J connectivity index is 2.06. The number of ether oxygens (including phenoxy) is 1. The van der Waals surface area contributed by atoms with Crippen LogP contribution >= 0.6 is 0 Å². The molecule has 0 fully saturated rings. The Hall–Kier alpha value is -2.08. The van der Waals surface area contributed by atoms with E-state index in [1.54, 1.807) is 7.05 Å². The fourth-order valence-electron chi connectivity index (χ4n) is 2.17. The lowest BCUT2D eigenvalue weighted by atomic mass is 10.1. The molecule has 1 rings (SSSR count). The van der Waals surface area contributed by atoms with Gasteiger partial charge in [-0.15, -0.1) is 0 Å². The van der Waals surface area contributed by atoms with Gasteiger partial charge in [-0.25, -0.2) is 0 Å². The van der Waals surface area contributed by atoms with E-state index in [2.05, 4.69) is 40.0 Å². The zero-order valence-corrected chi connectivity index (χ0v) is 15.5. The molecule has 1 aromatic carbocycles. The van der Waals surface area contributed by atoms with Crippen LogP contribution in [0.25, 0.3) is 0 Å². The van der Waals surface area contributed by atoms with Gasteiger partial charge in [-0.2, -0.15) is 0 Å². The Morgan fingerprint density at radius 2 is 1.80 bits per heavy atom. The predicted molar refractivity (Wildman–Crippen MR) is 103 cm³/mol. The normalized spacial score (nSPS) is 11.2. The Labute approximate surface area is 151 Å². The molecule has 0 spiro atoms. The summed E-state index contributed by atoms with van der Waals surface area (Å²) in [5, 5.41) is 9.09. The number of carbonyl (C=O) groups is 1. The van der Waals surface area contributed by atoms with Crippen molar-refractivity contribution < 1.29 is 9.53 Å². The fraction of sp³-hybridized carbons (Fsp3) is 0.579. The van der Waals surface area contributed by atoms with E-state index in [9.17, 15) is 4.79 Å². The van der Waals surface area contributed by atoms with Crippen molar-refractivity contribution in [2.45, 2.75) is 32.6 Å². The lowest BCUT2D eigenvalue weighted by molar-refractivity contribution is -0.119. The predicted octanol–water partition coefficient (Wildman–Crippen LogP) is 1.72. The summed E-state index contributed by atoms with van der Waals surface area (Å²) in [5.74, 6) is 0.591. The summed E-state index contributed by atoms with van der Waals surface area (Å²) >= 11 is 0. The summed E-state index contributed by atoms with van der Waals surface area (Å²) in [7, 11) is 1.69. The number of amides is 1. The molecule has 0 aliphatic carbocycles. The topological polar surface area (TPSA) is 74.8 Å². The molecule has 0 saturated heterocycles. The number of carbonyl (C=O) groups excluding carboxylic acids is 1. The molecule has 0 atom stereocenters. The first-order chi connectivity index (χ1) is 12.3. The fourth-order valence-corrected chi connectivity index (χ4v) is 2.17. The standard InChI is InChI=1S/C19H32N4O2/c1-3-4-14-25-15-8-12-22-19(20-2)23-16-18(24)21-13-11-17-9-6-5-7-10-17/h5-7,9-10H,3-4,8,11-16H2,1-2H3,(H,21,24)(H2,20,22,23). The third-order valence-corrected chi connectivity index (χ3v) is 3.62. The average molecular weight is 348 g/mol. The van der Waals surface area contributed by atoms with E-state index >= 15 is 0 Å². The molecule has 1 aromatic rings. The number of guanidine groups is 1. The van der Waals surface area contributed by atoms with Crippen molar-refractivity contribution >= 4 is 11.9 Å². The van der Waals surface area contributed by atoms with Gasteiger partial charge in [-0.1, -0.05) is 43.7 Å². The van der Waals surface area contributed by atoms with Crippen LogP contribution in [0.4, 0.5) is 0 Å². The maximum absolute atomic E-state index is 11.9. The van der Waals surface area contributed by atoms with Crippen LogP contribution < -0.4 is 16.0 Å². The Morgan fingerprint density at radius 1 is 1.04 bits per heavy atom. The second-order valence-corrected chi connectivity index (χ2v) is 5.76. The first-order valence-electron chi connectivity index (χ1n) is 9.09.